The summed E-state index contributed by atoms with van der Waals surface area (Å²) in [4.78, 5) is 0. The molecule has 4 saturated carbocycles. The molecule has 0 heterocycles. The number of benzene rings is 1. The van der Waals surface area contributed by atoms with Crippen LogP contribution < -0.4 is 0 Å². The molecule has 4 aliphatic rings. The van der Waals surface area contributed by atoms with Gasteiger partial charge in [0, 0.05) is 5.41 Å². The minimum atomic E-state index is -0.234. The van der Waals surface area contributed by atoms with Gasteiger partial charge in [0.2, 0.25) is 0 Å². The molecular weight excluding hydrogens is 232 g/mol. The summed E-state index contributed by atoms with van der Waals surface area (Å²) in [5.41, 5.74) is 2.65. The predicted molar refractivity (Wildman–Crippen MR) is 76.7 cm³/mol. The number of aliphatic hydroxyl groups excluding tert-OH is 1. The highest BCUT2D eigenvalue weighted by molar-refractivity contribution is 5.30. The van der Waals surface area contributed by atoms with Gasteiger partial charge in [-0.3, -0.25) is 0 Å². The van der Waals surface area contributed by atoms with Crippen LogP contribution in [0.25, 0.3) is 0 Å². The highest BCUT2D eigenvalue weighted by atomic mass is 16.3. The van der Waals surface area contributed by atoms with Crippen molar-refractivity contribution >= 4 is 0 Å². The van der Waals surface area contributed by atoms with E-state index in [-0.39, 0.29) is 11.5 Å². The molecule has 1 nitrogen and oxygen atoms in total. The first-order valence-corrected chi connectivity index (χ1v) is 7.90. The zero-order valence-electron chi connectivity index (χ0n) is 11.8. The summed E-state index contributed by atoms with van der Waals surface area (Å²) in [5.74, 6) is 2.72. The van der Waals surface area contributed by atoms with E-state index in [1.165, 1.54) is 49.7 Å². The number of hydrogen-bond donors (Lipinski definition) is 1. The predicted octanol–water partition coefficient (Wildman–Crippen LogP) is 4.24. The molecule has 1 heteroatoms. The third kappa shape index (κ3) is 1.78. The van der Waals surface area contributed by atoms with E-state index < -0.39 is 0 Å². The van der Waals surface area contributed by atoms with Crippen molar-refractivity contribution in [2.24, 2.45) is 23.2 Å². The summed E-state index contributed by atoms with van der Waals surface area (Å²) in [6, 6.07) is 8.43. The molecular formula is C18H24O. The Bertz CT molecular complexity index is 455. The van der Waals surface area contributed by atoms with Crippen molar-refractivity contribution in [1.82, 2.24) is 0 Å². The molecule has 1 aromatic rings. The van der Waals surface area contributed by atoms with Gasteiger partial charge in [-0.1, -0.05) is 24.3 Å². The fourth-order valence-electron chi connectivity index (χ4n) is 5.74. The summed E-state index contributed by atoms with van der Waals surface area (Å²) >= 11 is 0. The lowest BCUT2D eigenvalue weighted by molar-refractivity contribution is -0.122. The van der Waals surface area contributed by atoms with Gasteiger partial charge in [0.05, 0.1) is 6.10 Å². The molecule has 1 atom stereocenters. The maximum absolute atomic E-state index is 11.1. The summed E-state index contributed by atoms with van der Waals surface area (Å²) in [7, 11) is 0. The van der Waals surface area contributed by atoms with Crippen LogP contribution in [0.4, 0.5) is 0 Å². The van der Waals surface area contributed by atoms with Gasteiger partial charge in [-0.25, -0.2) is 0 Å². The Morgan fingerprint density at radius 2 is 1.53 bits per heavy atom. The molecule has 1 unspecified atom stereocenters. The maximum Gasteiger partial charge on any atom is 0.0849 e. The highest BCUT2D eigenvalue weighted by Gasteiger charge is 2.54. The van der Waals surface area contributed by atoms with Gasteiger partial charge < -0.3 is 5.11 Å². The summed E-state index contributed by atoms with van der Waals surface area (Å²) < 4.78 is 0. The average Bonchev–Trinajstić information content (AvgIpc) is 2.37. The van der Waals surface area contributed by atoms with Crippen LogP contribution in [0.5, 0.6) is 0 Å². The van der Waals surface area contributed by atoms with E-state index in [1.54, 1.807) is 0 Å². The van der Waals surface area contributed by atoms with Gasteiger partial charge in [0.25, 0.3) is 0 Å². The van der Waals surface area contributed by atoms with Gasteiger partial charge in [-0.15, -0.1) is 0 Å². The van der Waals surface area contributed by atoms with Crippen LogP contribution in [0.15, 0.2) is 24.3 Å². The first-order chi connectivity index (χ1) is 9.16. The highest BCUT2D eigenvalue weighted by Crippen LogP contribution is 2.64. The zero-order valence-corrected chi connectivity index (χ0v) is 11.8. The summed E-state index contributed by atoms with van der Waals surface area (Å²) in [6.07, 6.45) is 7.92. The summed E-state index contributed by atoms with van der Waals surface area (Å²) in [5, 5.41) is 11.1. The van der Waals surface area contributed by atoms with Crippen LogP contribution >= 0.6 is 0 Å². The molecule has 4 aliphatic carbocycles. The van der Waals surface area contributed by atoms with Crippen LogP contribution in [0.1, 0.15) is 55.8 Å². The Labute approximate surface area is 116 Å². The second-order valence-electron chi connectivity index (χ2n) is 7.54. The van der Waals surface area contributed by atoms with Crippen LogP contribution in [0.3, 0.4) is 0 Å². The Kier molecular flexibility index (Phi) is 2.57. The van der Waals surface area contributed by atoms with E-state index in [4.69, 9.17) is 0 Å². The van der Waals surface area contributed by atoms with Crippen molar-refractivity contribution < 1.29 is 5.11 Å². The van der Waals surface area contributed by atoms with E-state index in [0.29, 0.717) is 0 Å². The van der Waals surface area contributed by atoms with Crippen LogP contribution in [-0.4, -0.2) is 5.11 Å². The van der Waals surface area contributed by atoms with Crippen molar-refractivity contribution in [3.63, 3.8) is 0 Å². The molecule has 0 aromatic heterocycles. The molecule has 0 radical (unpaired) electrons. The Hall–Kier alpha value is -0.820. The molecule has 1 N–H and O–H groups in total. The molecule has 0 saturated heterocycles. The molecule has 102 valence electrons. The van der Waals surface area contributed by atoms with Gasteiger partial charge in [0.1, 0.15) is 0 Å². The lowest BCUT2D eigenvalue weighted by Gasteiger charge is -2.58. The SMILES string of the molecule is Cc1ccccc1C(O)C12CC3CC(CC(C3)C1)C2. The van der Waals surface area contributed by atoms with Gasteiger partial charge >= 0.3 is 0 Å². The van der Waals surface area contributed by atoms with E-state index in [9.17, 15) is 5.11 Å². The third-order valence-corrected chi connectivity index (χ3v) is 6.15. The second kappa shape index (κ2) is 4.09. The summed E-state index contributed by atoms with van der Waals surface area (Å²) in [6.45, 7) is 2.14. The third-order valence-electron chi connectivity index (χ3n) is 6.15. The topological polar surface area (TPSA) is 20.2 Å². The van der Waals surface area contributed by atoms with Crippen LogP contribution in [-0.2, 0) is 0 Å². The molecule has 4 fully saturated rings. The fraction of sp³-hybridized carbons (Fsp3) is 0.667. The molecule has 0 amide bonds. The second-order valence-corrected chi connectivity index (χ2v) is 7.54. The van der Waals surface area contributed by atoms with Gasteiger partial charge in [0.15, 0.2) is 0 Å². The van der Waals surface area contributed by atoms with E-state index in [2.05, 4.69) is 31.2 Å². The molecule has 0 spiro atoms. The minimum Gasteiger partial charge on any atom is -0.388 e. The molecule has 5 rings (SSSR count). The van der Waals surface area contributed by atoms with Crippen molar-refractivity contribution in [1.29, 1.82) is 0 Å². The van der Waals surface area contributed by atoms with Gasteiger partial charge in [-0.05, 0) is 74.3 Å². The Morgan fingerprint density at radius 1 is 1.00 bits per heavy atom. The van der Waals surface area contributed by atoms with Crippen molar-refractivity contribution in [3.05, 3.63) is 35.4 Å². The van der Waals surface area contributed by atoms with Crippen LogP contribution in [0.2, 0.25) is 0 Å². The minimum absolute atomic E-state index is 0.209. The maximum atomic E-state index is 11.1. The standard InChI is InChI=1S/C18H24O/c1-12-4-2-3-5-16(12)17(19)18-9-13-6-14(10-18)8-15(7-13)11-18/h2-5,13-15,17,19H,6-11H2,1H3. The number of hydrogen-bond acceptors (Lipinski definition) is 1. The Morgan fingerprint density at radius 3 is 2.05 bits per heavy atom. The first-order valence-electron chi connectivity index (χ1n) is 7.90. The van der Waals surface area contributed by atoms with Crippen molar-refractivity contribution in [2.45, 2.75) is 51.6 Å². The van der Waals surface area contributed by atoms with Crippen molar-refractivity contribution in [3.8, 4) is 0 Å². The quantitative estimate of drug-likeness (QED) is 0.839. The number of aryl methyl sites for hydroxylation is 1. The lowest BCUT2D eigenvalue weighted by atomic mass is 9.47. The monoisotopic (exact) mass is 256 g/mol. The number of rotatable bonds is 2. The fourth-order valence-corrected chi connectivity index (χ4v) is 5.74. The molecule has 19 heavy (non-hydrogen) atoms. The largest absolute Gasteiger partial charge is 0.388 e. The normalized spacial score (nSPS) is 41.5. The number of aliphatic hydroxyl groups is 1. The van der Waals surface area contributed by atoms with E-state index in [0.717, 1.165) is 17.8 Å². The van der Waals surface area contributed by atoms with Crippen molar-refractivity contribution in [2.75, 3.05) is 0 Å². The van der Waals surface area contributed by atoms with E-state index >= 15 is 0 Å². The molecule has 0 aliphatic heterocycles. The average molecular weight is 256 g/mol. The molecule has 4 bridgehead atoms. The first kappa shape index (κ1) is 12.0. The van der Waals surface area contributed by atoms with Crippen LogP contribution in [0, 0.1) is 30.1 Å². The molecule has 1 aromatic carbocycles. The van der Waals surface area contributed by atoms with E-state index in [1.807, 2.05) is 0 Å². The lowest BCUT2D eigenvalue weighted by Crippen LogP contribution is -2.49. The smallest absolute Gasteiger partial charge is 0.0849 e. The zero-order chi connectivity index (χ0) is 13.0. The Balaban J connectivity index is 1.70. The van der Waals surface area contributed by atoms with Gasteiger partial charge in [-0.2, -0.15) is 0 Å².